The van der Waals surface area contributed by atoms with Gasteiger partial charge in [0.25, 0.3) is 5.91 Å². The number of nitrogens with one attached hydrogen (secondary N) is 1. The normalized spacial score (nSPS) is 12.2. The molecule has 4 nitrogen and oxygen atoms in total. The first kappa shape index (κ1) is 17.1. The van der Waals surface area contributed by atoms with Crippen molar-refractivity contribution in [1.82, 2.24) is 5.32 Å². The van der Waals surface area contributed by atoms with Crippen molar-refractivity contribution in [2.45, 2.75) is 33.6 Å². The van der Waals surface area contributed by atoms with E-state index in [-0.39, 0.29) is 30.4 Å². The van der Waals surface area contributed by atoms with Gasteiger partial charge in [0.05, 0.1) is 0 Å². The first-order chi connectivity index (χ1) is 9.77. The molecule has 1 aromatic carbocycles. The van der Waals surface area contributed by atoms with Crippen LogP contribution >= 0.6 is 0 Å². The van der Waals surface area contributed by atoms with Gasteiger partial charge in [0.1, 0.15) is 5.82 Å². The van der Waals surface area contributed by atoms with Gasteiger partial charge in [0, 0.05) is 18.5 Å². The number of carbonyl (C=O) groups is 2. The lowest BCUT2D eigenvalue weighted by atomic mass is 9.94. The first-order valence-electron chi connectivity index (χ1n) is 7.05. The Bertz CT molecular complexity index is 494. The summed E-state index contributed by atoms with van der Waals surface area (Å²) >= 11 is 0. The lowest BCUT2D eigenvalue weighted by Crippen LogP contribution is -2.31. The van der Waals surface area contributed by atoms with Gasteiger partial charge in [-0.1, -0.05) is 13.8 Å². The largest absolute Gasteiger partial charge is 0.481 e. The third-order valence-electron chi connectivity index (χ3n) is 3.12. The molecule has 0 aliphatic heterocycles. The Labute approximate surface area is 124 Å². The van der Waals surface area contributed by atoms with Crippen molar-refractivity contribution >= 4 is 11.9 Å². The van der Waals surface area contributed by atoms with Crippen LogP contribution in [0.3, 0.4) is 0 Å². The zero-order valence-electron chi connectivity index (χ0n) is 12.6. The first-order valence-corrected chi connectivity index (χ1v) is 7.05. The quantitative estimate of drug-likeness (QED) is 0.812. The Hall–Kier alpha value is -1.91. The Morgan fingerprint density at radius 3 is 2.48 bits per heavy atom. The van der Waals surface area contributed by atoms with Crippen LogP contribution in [0, 0.1) is 24.6 Å². The molecule has 0 saturated heterocycles. The molecule has 21 heavy (non-hydrogen) atoms. The van der Waals surface area contributed by atoms with E-state index < -0.39 is 11.8 Å². The maximum atomic E-state index is 13.3. The second-order valence-electron chi connectivity index (χ2n) is 5.82. The van der Waals surface area contributed by atoms with E-state index in [0.717, 1.165) is 6.42 Å². The number of aryl methyl sites for hydroxylation is 1. The van der Waals surface area contributed by atoms with E-state index in [0.29, 0.717) is 11.5 Å². The molecule has 5 heteroatoms. The van der Waals surface area contributed by atoms with Crippen LogP contribution < -0.4 is 5.32 Å². The SMILES string of the molecule is Cc1cc(F)cc(C(=O)NC[C@H](CC(=O)O)CC(C)C)c1. The molecule has 0 radical (unpaired) electrons. The smallest absolute Gasteiger partial charge is 0.303 e. The number of carboxylic acid groups (broad SMARTS) is 1. The van der Waals surface area contributed by atoms with Gasteiger partial charge in [-0.2, -0.15) is 0 Å². The maximum absolute atomic E-state index is 13.3. The van der Waals surface area contributed by atoms with E-state index in [1.807, 2.05) is 13.8 Å². The highest BCUT2D eigenvalue weighted by Crippen LogP contribution is 2.15. The lowest BCUT2D eigenvalue weighted by Gasteiger charge is -2.17. The zero-order valence-corrected chi connectivity index (χ0v) is 12.6. The molecule has 1 amide bonds. The van der Waals surface area contributed by atoms with Gasteiger partial charge < -0.3 is 10.4 Å². The number of amides is 1. The van der Waals surface area contributed by atoms with Gasteiger partial charge in [0.15, 0.2) is 0 Å². The summed E-state index contributed by atoms with van der Waals surface area (Å²) in [5, 5.41) is 11.6. The zero-order chi connectivity index (χ0) is 16.0. The molecule has 0 aliphatic carbocycles. The van der Waals surface area contributed by atoms with Crippen LogP contribution in [0.5, 0.6) is 0 Å². The Morgan fingerprint density at radius 1 is 1.29 bits per heavy atom. The summed E-state index contributed by atoms with van der Waals surface area (Å²) < 4.78 is 13.3. The third kappa shape index (κ3) is 6.38. The van der Waals surface area contributed by atoms with Crippen LogP contribution in [0.1, 0.15) is 42.6 Å². The van der Waals surface area contributed by atoms with Crippen molar-refractivity contribution in [1.29, 1.82) is 0 Å². The van der Waals surface area contributed by atoms with E-state index in [1.54, 1.807) is 13.0 Å². The predicted molar refractivity (Wildman–Crippen MR) is 78.7 cm³/mol. The minimum absolute atomic E-state index is 0.0145. The summed E-state index contributed by atoms with van der Waals surface area (Å²) in [4.78, 5) is 22.8. The van der Waals surface area contributed by atoms with E-state index in [4.69, 9.17) is 5.11 Å². The molecular formula is C16H22FNO3. The molecule has 0 aliphatic rings. The second kappa shape index (κ2) is 7.76. The van der Waals surface area contributed by atoms with Gasteiger partial charge in [-0.05, 0) is 48.9 Å². The Balaban J connectivity index is 2.65. The summed E-state index contributed by atoms with van der Waals surface area (Å²) in [5.41, 5.74) is 0.926. The highest BCUT2D eigenvalue weighted by molar-refractivity contribution is 5.94. The molecular weight excluding hydrogens is 273 g/mol. The van der Waals surface area contributed by atoms with Gasteiger partial charge in [-0.25, -0.2) is 4.39 Å². The molecule has 0 saturated carbocycles. The maximum Gasteiger partial charge on any atom is 0.303 e. The van der Waals surface area contributed by atoms with E-state index in [2.05, 4.69) is 5.32 Å². The molecule has 1 aromatic rings. The number of aliphatic carboxylic acids is 1. The molecule has 0 aromatic heterocycles. The monoisotopic (exact) mass is 295 g/mol. The number of benzene rings is 1. The van der Waals surface area contributed by atoms with Crippen molar-refractivity contribution in [2.75, 3.05) is 6.54 Å². The molecule has 2 N–H and O–H groups in total. The van der Waals surface area contributed by atoms with Crippen LogP contribution in [0.4, 0.5) is 4.39 Å². The minimum Gasteiger partial charge on any atom is -0.481 e. The fourth-order valence-electron chi connectivity index (χ4n) is 2.36. The fourth-order valence-corrected chi connectivity index (χ4v) is 2.36. The molecule has 0 fully saturated rings. The highest BCUT2D eigenvalue weighted by atomic mass is 19.1. The number of carbonyl (C=O) groups excluding carboxylic acids is 1. The van der Waals surface area contributed by atoms with Crippen molar-refractivity contribution < 1.29 is 19.1 Å². The van der Waals surface area contributed by atoms with Gasteiger partial charge in [0.2, 0.25) is 0 Å². The summed E-state index contributed by atoms with van der Waals surface area (Å²) in [6.45, 7) is 6.00. The van der Waals surface area contributed by atoms with Crippen LogP contribution in [0.2, 0.25) is 0 Å². The summed E-state index contributed by atoms with van der Waals surface area (Å²) in [7, 11) is 0. The number of carboxylic acids is 1. The molecule has 116 valence electrons. The lowest BCUT2D eigenvalue weighted by molar-refractivity contribution is -0.138. The van der Waals surface area contributed by atoms with Crippen LogP contribution in [0.25, 0.3) is 0 Å². The minimum atomic E-state index is -0.878. The molecule has 1 rings (SSSR count). The van der Waals surface area contributed by atoms with Crippen LogP contribution in [-0.2, 0) is 4.79 Å². The molecule has 0 spiro atoms. The molecule has 0 bridgehead atoms. The van der Waals surface area contributed by atoms with Crippen molar-refractivity contribution in [3.8, 4) is 0 Å². The fraction of sp³-hybridized carbons (Fsp3) is 0.500. The topological polar surface area (TPSA) is 66.4 Å². The van der Waals surface area contributed by atoms with E-state index >= 15 is 0 Å². The molecule has 1 atom stereocenters. The van der Waals surface area contributed by atoms with Crippen molar-refractivity contribution in [3.63, 3.8) is 0 Å². The number of halogens is 1. The van der Waals surface area contributed by atoms with Gasteiger partial charge in [-0.3, -0.25) is 9.59 Å². The second-order valence-corrected chi connectivity index (χ2v) is 5.82. The van der Waals surface area contributed by atoms with Crippen molar-refractivity contribution in [3.05, 3.63) is 35.1 Å². The Morgan fingerprint density at radius 2 is 1.95 bits per heavy atom. The number of hydrogen-bond donors (Lipinski definition) is 2. The van der Waals surface area contributed by atoms with Gasteiger partial charge >= 0.3 is 5.97 Å². The van der Waals surface area contributed by atoms with Crippen LogP contribution in [0.15, 0.2) is 18.2 Å². The van der Waals surface area contributed by atoms with Crippen molar-refractivity contribution in [2.24, 2.45) is 11.8 Å². The number of rotatable bonds is 7. The summed E-state index contributed by atoms with van der Waals surface area (Å²) in [6.07, 6.45) is 0.732. The highest BCUT2D eigenvalue weighted by Gasteiger charge is 2.17. The summed E-state index contributed by atoms with van der Waals surface area (Å²) in [6, 6.07) is 4.13. The van der Waals surface area contributed by atoms with Gasteiger partial charge in [-0.15, -0.1) is 0 Å². The summed E-state index contributed by atoms with van der Waals surface area (Å²) in [5.74, 6) is -1.48. The third-order valence-corrected chi connectivity index (χ3v) is 3.12. The van der Waals surface area contributed by atoms with Crippen LogP contribution in [-0.4, -0.2) is 23.5 Å². The molecule has 0 unspecified atom stereocenters. The van der Waals surface area contributed by atoms with E-state index in [9.17, 15) is 14.0 Å². The predicted octanol–water partition coefficient (Wildman–Crippen LogP) is 3.00. The standard InChI is InChI=1S/C16H22FNO3/c1-10(2)4-12(7-15(19)20)9-18-16(21)13-5-11(3)6-14(17)8-13/h5-6,8,10,12H,4,7,9H2,1-3H3,(H,18,21)(H,19,20)/t12-/m0/s1. The number of hydrogen-bond acceptors (Lipinski definition) is 2. The molecule has 0 heterocycles. The average Bonchev–Trinajstić information content (AvgIpc) is 2.32. The Kier molecular flexibility index (Phi) is 6.34. The van der Waals surface area contributed by atoms with E-state index in [1.165, 1.54) is 12.1 Å². The average molecular weight is 295 g/mol.